The first-order valence-corrected chi connectivity index (χ1v) is 9.49. The minimum absolute atomic E-state index is 0.346. The fourth-order valence-electron chi connectivity index (χ4n) is 4.08. The number of hydrogen-bond donors (Lipinski definition) is 2. The molecule has 1 aliphatic heterocycles. The molecular weight excluding hydrogens is 322 g/mol. The minimum Gasteiger partial charge on any atom is -0.496 e. The highest BCUT2D eigenvalue weighted by atomic mass is 16.5. The van der Waals surface area contributed by atoms with Crippen molar-refractivity contribution in [2.75, 3.05) is 26.7 Å². The maximum Gasteiger partial charge on any atom is 0.123 e. The first-order valence-electron chi connectivity index (χ1n) is 9.49. The third-order valence-electron chi connectivity index (χ3n) is 5.42. The predicted molar refractivity (Wildman–Crippen MR) is 107 cm³/mol. The molecule has 4 nitrogen and oxygen atoms in total. The Bertz CT molecular complexity index is 851. The van der Waals surface area contributed by atoms with Crippen molar-refractivity contribution in [3.8, 4) is 5.75 Å². The average molecular weight is 349 g/mol. The van der Waals surface area contributed by atoms with Gasteiger partial charge in [0.2, 0.25) is 0 Å². The van der Waals surface area contributed by atoms with Crippen LogP contribution < -0.4 is 10.1 Å². The number of aromatic nitrogens is 1. The number of fused-ring (bicyclic) bond motifs is 1. The molecule has 4 rings (SSSR count). The molecule has 1 atom stereocenters. The molecule has 0 radical (unpaired) electrons. The van der Waals surface area contributed by atoms with Gasteiger partial charge in [-0.05, 0) is 49.7 Å². The third kappa shape index (κ3) is 3.48. The van der Waals surface area contributed by atoms with Crippen LogP contribution in [0.5, 0.6) is 5.75 Å². The smallest absolute Gasteiger partial charge is 0.123 e. The fourth-order valence-corrected chi connectivity index (χ4v) is 4.08. The van der Waals surface area contributed by atoms with Crippen molar-refractivity contribution < 1.29 is 4.74 Å². The summed E-state index contributed by atoms with van der Waals surface area (Å²) in [4.78, 5) is 5.88. The molecule has 26 heavy (non-hydrogen) atoms. The van der Waals surface area contributed by atoms with Gasteiger partial charge in [-0.2, -0.15) is 0 Å². The first-order chi connectivity index (χ1) is 12.9. The van der Waals surface area contributed by atoms with Crippen molar-refractivity contribution in [2.24, 2.45) is 0 Å². The summed E-state index contributed by atoms with van der Waals surface area (Å²) in [6.45, 7) is 4.12. The number of likely N-dealkylation sites (tertiary alicyclic amines) is 1. The number of nitrogens with zero attached hydrogens (tertiary/aromatic N) is 1. The van der Waals surface area contributed by atoms with E-state index in [9.17, 15) is 0 Å². The lowest BCUT2D eigenvalue weighted by Gasteiger charge is -2.29. The number of H-pyrrole nitrogens is 1. The summed E-state index contributed by atoms with van der Waals surface area (Å²) in [6, 6.07) is 17.4. The summed E-state index contributed by atoms with van der Waals surface area (Å²) in [5, 5.41) is 5.00. The number of para-hydroxylation sites is 1. The Morgan fingerprint density at radius 1 is 1.08 bits per heavy atom. The molecular formula is C22H27N3O. The highest BCUT2D eigenvalue weighted by molar-refractivity contribution is 5.82. The van der Waals surface area contributed by atoms with Crippen molar-refractivity contribution in [3.05, 3.63) is 65.9 Å². The van der Waals surface area contributed by atoms with Crippen molar-refractivity contribution >= 4 is 10.9 Å². The molecule has 1 aromatic heterocycles. The van der Waals surface area contributed by atoms with Gasteiger partial charge in [-0.15, -0.1) is 0 Å². The Morgan fingerprint density at radius 3 is 2.77 bits per heavy atom. The van der Waals surface area contributed by atoms with Gasteiger partial charge in [0.25, 0.3) is 0 Å². The van der Waals surface area contributed by atoms with E-state index < -0.39 is 0 Å². The number of rotatable bonds is 7. The standard InChI is InChI=1S/C22H27N3O/c1-26-22-10-3-2-8-19(22)21(25-13-4-5-14-25)16-23-15-17-7-6-9-20-18(17)11-12-24-20/h2-3,6-12,21,23-24H,4-5,13-16H2,1H3. The number of hydrogen-bond acceptors (Lipinski definition) is 3. The van der Waals surface area contributed by atoms with E-state index >= 15 is 0 Å². The van der Waals surface area contributed by atoms with Gasteiger partial charge >= 0.3 is 0 Å². The summed E-state index contributed by atoms with van der Waals surface area (Å²) in [6.07, 6.45) is 4.58. The number of methoxy groups -OCH3 is 1. The van der Waals surface area contributed by atoms with Gasteiger partial charge in [0.05, 0.1) is 13.2 Å². The molecule has 3 aromatic rings. The lowest BCUT2D eigenvalue weighted by atomic mass is 10.0. The summed E-state index contributed by atoms with van der Waals surface area (Å²) < 4.78 is 5.64. The van der Waals surface area contributed by atoms with E-state index in [1.54, 1.807) is 7.11 Å². The van der Waals surface area contributed by atoms with Crippen LogP contribution in [0.3, 0.4) is 0 Å². The molecule has 0 saturated carbocycles. The zero-order chi connectivity index (χ0) is 17.8. The summed E-state index contributed by atoms with van der Waals surface area (Å²) in [5.74, 6) is 0.985. The van der Waals surface area contributed by atoms with Crippen molar-refractivity contribution in [1.82, 2.24) is 15.2 Å². The highest BCUT2D eigenvalue weighted by Gasteiger charge is 2.25. The molecule has 1 saturated heterocycles. The van der Waals surface area contributed by atoms with Gasteiger partial charge in [0.1, 0.15) is 5.75 Å². The van der Waals surface area contributed by atoms with Crippen LogP contribution in [-0.4, -0.2) is 36.6 Å². The Labute approximate surface area is 155 Å². The van der Waals surface area contributed by atoms with Gasteiger partial charge in [-0.1, -0.05) is 30.3 Å². The van der Waals surface area contributed by atoms with E-state index in [-0.39, 0.29) is 0 Å². The van der Waals surface area contributed by atoms with E-state index in [4.69, 9.17) is 4.74 Å². The van der Waals surface area contributed by atoms with Crippen molar-refractivity contribution in [3.63, 3.8) is 0 Å². The van der Waals surface area contributed by atoms with Gasteiger partial charge in [-0.25, -0.2) is 0 Å². The van der Waals surface area contributed by atoms with E-state index in [0.717, 1.165) is 31.9 Å². The molecule has 2 N–H and O–H groups in total. The minimum atomic E-state index is 0.346. The Balaban J connectivity index is 1.51. The first kappa shape index (κ1) is 17.1. The molecule has 136 valence electrons. The largest absolute Gasteiger partial charge is 0.496 e. The molecule has 1 fully saturated rings. The number of aromatic amines is 1. The molecule has 0 spiro atoms. The third-order valence-corrected chi connectivity index (χ3v) is 5.42. The fraction of sp³-hybridized carbons (Fsp3) is 0.364. The maximum absolute atomic E-state index is 5.64. The van der Waals surface area contributed by atoms with Crippen LogP contribution in [0.2, 0.25) is 0 Å². The Morgan fingerprint density at radius 2 is 1.92 bits per heavy atom. The second-order valence-electron chi connectivity index (χ2n) is 6.99. The van der Waals surface area contributed by atoms with Crippen LogP contribution >= 0.6 is 0 Å². The quantitative estimate of drug-likeness (QED) is 0.674. The molecule has 0 aliphatic carbocycles. The summed E-state index contributed by atoms with van der Waals surface area (Å²) in [7, 11) is 1.76. The monoisotopic (exact) mass is 349 g/mol. The molecule has 2 heterocycles. The maximum atomic E-state index is 5.64. The van der Waals surface area contributed by atoms with E-state index in [1.807, 2.05) is 12.3 Å². The van der Waals surface area contributed by atoms with Gasteiger partial charge in [-0.3, -0.25) is 4.90 Å². The lowest BCUT2D eigenvalue weighted by molar-refractivity contribution is 0.233. The molecule has 1 aliphatic rings. The van der Waals surface area contributed by atoms with E-state index in [0.29, 0.717) is 6.04 Å². The zero-order valence-electron chi connectivity index (χ0n) is 15.4. The van der Waals surface area contributed by atoms with E-state index in [1.165, 1.54) is 34.9 Å². The van der Waals surface area contributed by atoms with Crippen LogP contribution in [0.15, 0.2) is 54.7 Å². The highest BCUT2D eigenvalue weighted by Crippen LogP contribution is 2.31. The normalized spacial score (nSPS) is 16.2. The van der Waals surface area contributed by atoms with Crippen LogP contribution in [0.25, 0.3) is 10.9 Å². The van der Waals surface area contributed by atoms with Gasteiger partial charge in [0.15, 0.2) is 0 Å². The lowest BCUT2D eigenvalue weighted by Crippen LogP contribution is -2.34. The SMILES string of the molecule is COc1ccccc1C(CNCc1cccc2[nH]ccc12)N1CCCC1. The zero-order valence-corrected chi connectivity index (χ0v) is 15.4. The Kier molecular flexibility index (Phi) is 5.23. The van der Waals surface area contributed by atoms with Crippen LogP contribution in [-0.2, 0) is 6.54 Å². The van der Waals surface area contributed by atoms with Crippen LogP contribution in [0, 0.1) is 0 Å². The predicted octanol–water partition coefficient (Wildman–Crippen LogP) is 4.10. The molecule has 0 amide bonds. The Hall–Kier alpha value is -2.30. The topological polar surface area (TPSA) is 40.3 Å². The van der Waals surface area contributed by atoms with Crippen molar-refractivity contribution in [1.29, 1.82) is 0 Å². The molecule has 0 bridgehead atoms. The second-order valence-corrected chi connectivity index (χ2v) is 6.99. The van der Waals surface area contributed by atoms with Crippen LogP contribution in [0.1, 0.15) is 30.0 Å². The van der Waals surface area contributed by atoms with E-state index in [2.05, 4.69) is 57.7 Å². The second kappa shape index (κ2) is 7.94. The van der Waals surface area contributed by atoms with Gasteiger partial charge < -0.3 is 15.0 Å². The average Bonchev–Trinajstić information content (AvgIpc) is 3.37. The molecule has 4 heteroatoms. The van der Waals surface area contributed by atoms with Crippen molar-refractivity contribution in [2.45, 2.75) is 25.4 Å². The number of nitrogens with one attached hydrogen (secondary N) is 2. The number of ether oxygens (including phenoxy) is 1. The number of benzene rings is 2. The summed E-state index contributed by atoms with van der Waals surface area (Å²) >= 11 is 0. The van der Waals surface area contributed by atoms with Crippen LogP contribution in [0.4, 0.5) is 0 Å². The molecule has 1 unspecified atom stereocenters. The summed E-state index contributed by atoms with van der Waals surface area (Å²) in [5.41, 5.74) is 3.82. The molecule has 2 aromatic carbocycles. The van der Waals surface area contributed by atoms with Gasteiger partial charge in [0, 0.05) is 35.8 Å².